The molecule has 0 atom stereocenters. The van der Waals surface area contributed by atoms with Crippen molar-refractivity contribution in [2.24, 2.45) is 0 Å². The van der Waals surface area contributed by atoms with E-state index in [1.807, 2.05) is 22.9 Å². The van der Waals surface area contributed by atoms with Crippen LogP contribution in [0.25, 0.3) is 33.3 Å². The van der Waals surface area contributed by atoms with Gasteiger partial charge in [-0.3, -0.25) is 0 Å². The van der Waals surface area contributed by atoms with Crippen molar-refractivity contribution in [3.05, 3.63) is 65.7 Å². The fourth-order valence-corrected chi connectivity index (χ4v) is 4.42. The zero-order valence-corrected chi connectivity index (χ0v) is 15.8. The summed E-state index contributed by atoms with van der Waals surface area (Å²) in [5.41, 5.74) is 11.3. The summed E-state index contributed by atoms with van der Waals surface area (Å²) in [7, 11) is 0. The second-order valence-electron chi connectivity index (χ2n) is 7.66. The molecule has 8 heteroatoms. The average Bonchev–Trinajstić information content (AvgIpc) is 3.43. The number of aromatic hydroxyl groups is 1. The number of phenolic OH excluding ortho intramolecular Hbond substituents is 1. The summed E-state index contributed by atoms with van der Waals surface area (Å²) in [4.78, 5) is 11.8. The minimum Gasteiger partial charge on any atom is -0.505 e. The third kappa shape index (κ3) is 2.40. The van der Waals surface area contributed by atoms with E-state index in [1.165, 1.54) is 29.6 Å². The van der Waals surface area contributed by atoms with Crippen LogP contribution in [0.2, 0.25) is 0 Å². The molecular formula is C22H17FN6O. The summed E-state index contributed by atoms with van der Waals surface area (Å²) in [5.74, 6) is -0.739. The largest absolute Gasteiger partial charge is 0.505 e. The Morgan fingerprint density at radius 3 is 2.63 bits per heavy atom. The van der Waals surface area contributed by atoms with Crippen LogP contribution in [0.5, 0.6) is 5.75 Å². The van der Waals surface area contributed by atoms with E-state index in [0.29, 0.717) is 39.1 Å². The zero-order chi connectivity index (χ0) is 20.4. The first-order valence-corrected chi connectivity index (χ1v) is 9.65. The number of nitrogens with zero attached hydrogens (tertiary/aromatic N) is 4. The Hall–Kier alpha value is -3.94. The molecule has 0 bridgehead atoms. The molecule has 1 aliphatic carbocycles. The first-order chi connectivity index (χ1) is 14.6. The molecule has 3 aromatic heterocycles. The molecule has 2 aromatic carbocycles. The fraction of sp³-hybridized carbons (Fsp3) is 0.136. The van der Waals surface area contributed by atoms with E-state index in [-0.39, 0.29) is 6.04 Å². The number of benzene rings is 2. The lowest BCUT2D eigenvalue weighted by Crippen LogP contribution is -2.11. The third-order valence-corrected chi connectivity index (χ3v) is 5.84. The number of hydrogen-bond donors (Lipinski definition) is 3. The molecule has 0 aliphatic heterocycles. The number of anilines is 1. The molecule has 3 heterocycles. The van der Waals surface area contributed by atoms with Gasteiger partial charge in [0.2, 0.25) is 0 Å². The second-order valence-corrected chi connectivity index (χ2v) is 7.66. The predicted molar refractivity (Wildman–Crippen MR) is 112 cm³/mol. The highest BCUT2D eigenvalue weighted by molar-refractivity contribution is 6.00. The number of fused-ring (bicyclic) bond motifs is 3. The molecule has 7 nitrogen and oxygen atoms in total. The van der Waals surface area contributed by atoms with Gasteiger partial charge in [-0.25, -0.2) is 19.0 Å². The minimum absolute atomic E-state index is 0.124. The van der Waals surface area contributed by atoms with Gasteiger partial charge in [-0.05, 0) is 36.1 Å². The number of hydrogen-bond acceptors (Lipinski definition) is 5. The standard InChI is InChI=1S/C22H17FN6O/c23-15-9-16-13(8-18(15)30)7-17(27-16)20-19-21(24)25-10-26-22(19)29(28-20)14-5-11-3-1-2-4-12(11)6-14/h1-4,7-10,14,27,30H,5-6H2,(H2,24,25,26). The lowest BCUT2D eigenvalue weighted by atomic mass is 10.1. The van der Waals surface area contributed by atoms with E-state index in [4.69, 9.17) is 10.8 Å². The molecule has 148 valence electrons. The molecule has 30 heavy (non-hydrogen) atoms. The first-order valence-electron chi connectivity index (χ1n) is 9.65. The van der Waals surface area contributed by atoms with Crippen LogP contribution in [0, 0.1) is 5.82 Å². The molecule has 0 spiro atoms. The van der Waals surface area contributed by atoms with Crippen LogP contribution in [0.1, 0.15) is 17.2 Å². The van der Waals surface area contributed by atoms with Crippen LogP contribution in [-0.2, 0) is 12.8 Å². The van der Waals surface area contributed by atoms with Gasteiger partial charge < -0.3 is 15.8 Å². The number of nitrogens with one attached hydrogen (secondary N) is 1. The molecule has 0 radical (unpaired) electrons. The number of phenols is 1. The molecule has 6 rings (SSSR count). The molecule has 0 unspecified atom stereocenters. The normalized spacial score (nSPS) is 14.0. The Morgan fingerprint density at radius 2 is 1.87 bits per heavy atom. The van der Waals surface area contributed by atoms with Gasteiger partial charge in [-0.1, -0.05) is 24.3 Å². The monoisotopic (exact) mass is 400 g/mol. The van der Waals surface area contributed by atoms with Crippen molar-refractivity contribution in [3.63, 3.8) is 0 Å². The molecule has 5 aromatic rings. The van der Waals surface area contributed by atoms with Crippen LogP contribution in [0.15, 0.2) is 48.8 Å². The lowest BCUT2D eigenvalue weighted by Gasteiger charge is -2.10. The summed E-state index contributed by atoms with van der Waals surface area (Å²) in [5, 5.41) is 15.9. The quantitative estimate of drug-likeness (QED) is 0.419. The molecule has 1 aliphatic rings. The number of rotatable bonds is 2. The van der Waals surface area contributed by atoms with Crippen LogP contribution in [0.4, 0.5) is 10.2 Å². The van der Waals surface area contributed by atoms with E-state index in [1.54, 1.807) is 0 Å². The summed E-state index contributed by atoms with van der Waals surface area (Å²) in [6.07, 6.45) is 3.17. The Morgan fingerprint density at radius 1 is 1.10 bits per heavy atom. The topological polar surface area (TPSA) is 106 Å². The lowest BCUT2D eigenvalue weighted by molar-refractivity contribution is 0.433. The van der Waals surface area contributed by atoms with Crippen molar-refractivity contribution in [2.75, 3.05) is 5.73 Å². The highest BCUT2D eigenvalue weighted by atomic mass is 19.1. The van der Waals surface area contributed by atoms with Gasteiger partial charge in [0.05, 0.1) is 17.1 Å². The number of nitrogens with two attached hydrogens (primary N) is 1. The average molecular weight is 400 g/mol. The Bertz CT molecular complexity index is 1390. The van der Waals surface area contributed by atoms with Crippen molar-refractivity contribution in [2.45, 2.75) is 18.9 Å². The number of nitrogen functional groups attached to an aromatic ring is 1. The van der Waals surface area contributed by atoms with Gasteiger partial charge in [-0.15, -0.1) is 0 Å². The predicted octanol–water partition coefficient (Wildman–Crippen LogP) is 3.74. The Balaban J connectivity index is 1.54. The van der Waals surface area contributed by atoms with Gasteiger partial charge in [0.25, 0.3) is 0 Å². The number of aromatic nitrogens is 5. The SMILES string of the molecule is Nc1ncnc2c1c(-c1cc3cc(O)c(F)cc3[nH]1)nn2C1Cc2ccccc2C1. The maximum Gasteiger partial charge on any atom is 0.166 e. The number of aromatic amines is 1. The Kier molecular flexibility index (Phi) is 3.41. The first kappa shape index (κ1) is 17.0. The van der Waals surface area contributed by atoms with Gasteiger partial charge >= 0.3 is 0 Å². The highest BCUT2D eigenvalue weighted by Crippen LogP contribution is 2.37. The van der Waals surface area contributed by atoms with Crippen LogP contribution < -0.4 is 5.73 Å². The second kappa shape index (κ2) is 6.03. The van der Waals surface area contributed by atoms with Crippen molar-refractivity contribution in [1.29, 1.82) is 0 Å². The van der Waals surface area contributed by atoms with Crippen molar-refractivity contribution >= 4 is 27.8 Å². The smallest absolute Gasteiger partial charge is 0.166 e. The summed E-state index contributed by atoms with van der Waals surface area (Å²) >= 11 is 0. The summed E-state index contributed by atoms with van der Waals surface area (Å²) in [6.45, 7) is 0. The summed E-state index contributed by atoms with van der Waals surface area (Å²) in [6, 6.07) is 13.0. The van der Waals surface area contributed by atoms with Gasteiger partial charge in [0.15, 0.2) is 17.2 Å². The minimum atomic E-state index is -0.683. The molecule has 4 N–H and O–H groups in total. The fourth-order valence-electron chi connectivity index (χ4n) is 4.42. The van der Waals surface area contributed by atoms with E-state index in [9.17, 15) is 9.50 Å². The van der Waals surface area contributed by atoms with Crippen molar-refractivity contribution < 1.29 is 9.50 Å². The zero-order valence-electron chi connectivity index (χ0n) is 15.8. The molecule has 0 saturated carbocycles. The van der Waals surface area contributed by atoms with Gasteiger partial charge in [0, 0.05) is 17.0 Å². The number of halogens is 1. The number of H-pyrrole nitrogens is 1. The van der Waals surface area contributed by atoms with Gasteiger partial charge in [-0.2, -0.15) is 5.10 Å². The van der Waals surface area contributed by atoms with E-state index < -0.39 is 11.6 Å². The van der Waals surface area contributed by atoms with E-state index >= 15 is 0 Å². The molecule has 0 saturated heterocycles. The van der Waals surface area contributed by atoms with E-state index in [2.05, 4.69) is 27.1 Å². The molecular weight excluding hydrogens is 383 g/mol. The van der Waals surface area contributed by atoms with Crippen molar-refractivity contribution in [1.82, 2.24) is 24.7 Å². The summed E-state index contributed by atoms with van der Waals surface area (Å²) < 4.78 is 15.7. The van der Waals surface area contributed by atoms with Gasteiger partial charge in [0.1, 0.15) is 17.8 Å². The van der Waals surface area contributed by atoms with Crippen LogP contribution >= 0.6 is 0 Å². The Labute approximate surface area is 170 Å². The van der Waals surface area contributed by atoms with E-state index in [0.717, 1.165) is 12.8 Å². The molecule has 0 amide bonds. The van der Waals surface area contributed by atoms with Crippen LogP contribution in [0.3, 0.4) is 0 Å². The maximum absolute atomic E-state index is 13.8. The molecule has 0 fully saturated rings. The van der Waals surface area contributed by atoms with Crippen LogP contribution in [-0.4, -0.2) is 29.8 Å². The van der Waals surface area contributed by atoms with Crippen molar-refractivity contribution in [3.8, 4) is 17.1 Å². The third-order valence-electron chi connectivity index (χ3n) is 5.84. The maximum atomic E-state index is 13.8. The highest BCUT2D eigenvalue weighted by Gasteiger charge is 2.28.